The van der Waals surface area contributed by atoms with Crippen molar-refractivity contribution in [2.24, 2.45) is 5.92 Å². The van der Waals surface area contributed by atoms with Crippen molar-refractivity contribution in [1.29, 1.82) is 0 Å². The Balaban J connectivity index is 1.86. The van der Waals surface area contributed by atoms with E-state index in [1.54, 1.807) is 12.1 Å². The van der Waals surface area contributed by atoms with Gasteiger partial charge in [0.05, 0.1) is 4.92 Å². The molecule has 7 heteroatoms. The number of nitrogens with one attached hydrogen (secondary N) is 2. The van der Waals surface area contributed by atoms with Crippen LogP contribution in [-0.2, 0) is 4.79 Å². The van der Waals surface area contributed by atoms with E-state index in [-0.39, 0.29) is 23.2 Å². The lowest BCUT2D eigenvalue weighted by molar-refractivity contribution is -0.383. The number of amides is 1. The average Bonchev–Trinajstić information content (AvgIpc) is 3.18. The predicted octanol–water partition coefficient (Wildman–Crippen LogP) is 1.12. The Morgan fingerprint density at radius 2 is 2.16 bits per heavy atom. The molecule has 1 amide bonds. The Labute approximate surface area is 110 Å². The molecule has 1 aliphatic rings. The van der Waals surface area contributed by atoms with Crippen molar-refractivity contribution in [3.63, 3.8) is 0 Å². The quantitative estimate of drug-likeness (QED) is 0.308. The molecule has 1 aromatic carbocycles. The monoisotopic (exact) mass is 264 g/mol. The largest absolute Gasteiger partial charge is 0.393 e. The summed E-state index contributed by atoms with van der Waals surface area (Å²) < 4.78 is 0. The molecule has 0 aromatic heterocycles. The van der Waals surface area contributed by atoms with E-state index in [0.717, 1.165) is 12.8 Å². The first-order valence-electron chi connectivity index (χ1n) is 6.14. The zero-order valence-corrected chi connectivity index (χ0v) is 10.4. The van der Waals surface area contributed by atoms with Crippen molar-refractivity contribution in [2.45, 2.75) is 12.8 Å². The summed E-state index contributed by atoms with van der Waals surface area (Å²) in [7, 11) is 0. The number of nitro groups is 1. The number of nitro benzene ring substituents is 1. The Kier molecular flexibility index (Phi) is 3.84. The SMILES string of the molecule is Nc1cccc(NCCNC(=O)C2CC2)c1[N+](=O)[O-]. The fourth-order valence-electron chi connectivity index (χ4n) is 1.78. The summed E-state index contributed by atoms with van der Waals surface area (Å²) in [6.45, 7) is 0.851. The van der Waals surface area contributed by atoms with Crippen LogP contribution in [0.2, 0.25) is 0 Å². The summed E-state index contributed by atoms with van der Waals surface area (Å²) in [5.41, 5.74) is 5.93. The van der Waals surface area contributed by atoms with Crippen LogP contribution in [0.3, 0.4) is 0 Å². The summed E-state index contributed by atoms with van der Waals surface area (Å²) in [5, 5.41) is 16.6. The molecule has 1 aromatic rings. The van der Waals surface area contributed by atoms with Gasteiger partial charge in [-0.3, -0.25) is 14.9 Å². The third kappa shape index (κ3) is 3.34. The molecule has 102 valence electrons. The van der Waals surface area contributed by atoms with E-state index in [1.165, 1.54) is 6.07 Å². The third-order valence-electron chi connectivity index (χ3n) is 2.94. The number of benzene rings is 1. The van der Waals surface area contributed by atoms with Crippen molar-refractivity contribution in [1.82, 2.24) is 5.32 Å². The minimum atomic E-state index is -0.513. The lowest BCUT2D eigenvalue weighted by Gasteiger charge is -2.09. The van der Waals surface area contributed by atoms with Crippen LogP contribution in [0.1, 0.15) is 12.8 Å². The number of nitrogens with zero attached hydrogens (tertiary/aromatic N) is 1. The van der Waals surface area contributed by atoms with E-state index in [2.05, 4.69) is 10.6 Å². The zero-order chi connectivity index (χ0) is 13.8. The molecule has 0 radical (unpaired) electrons. The van der Waals surface area contributed by atoms with Gasteiger partial charge in [-0.15, -0.1) is 0 Å². The minimum Gasteiger partial charge on any atom is -0.393 e. The number of hydrogen-bond acceptors (Lipinski definition) is 5. The maximum absolute atomic E-state index is 11.4. The Morgan fingerprint density at radius 3 is 2.79 bits per heavy atom. The fourth-order valence-corrected chi connectivity index (χ4v) is 1.78. The van der Waals surface area contributed by atoms with E-state index in [1.807, 2.05) is 0 Å². The molecule has 0 unspecified atom stereocenters. The molecule has 7 nitrogen and oxygen atoms in total. The predicted molar refractivity (Wildman–Crippen MR) is 71.7 cm³/mol. The first-order chi connectivity index (χ1) is 9.09. The van der Waals surface area contributed by atoms with Gasteiger partial charge in [0.25, 0.3) is 0 Å². The topological polar surface area (TPSA) is 110 Å². The van der Waals surface area contributed by atoms with E-state index in [0.29, 0.717) is 18.8 Å². The van der Waals surface area contributed by atoms with Gasteiger partial charge < -0.3 is 16.4 Å². The highest BCUT2D eigenvalue weighted by Crippen LogP contribution is 2.30. The van der Waals surface area contributed by atoms with E-state index >= 15 is 0 Å². The van der Waals surface area contributed by atoms with Crippen LogP contribution in [0.4, 0.5) is 17.1 Å². The first kappa shape index (κ1) is 13.1. The van der Waals surface area contributed by atoms with Gasteiger partial charge in [0, 0.05) is 19.0 Å². The second kappa shape index (κ2) is 5.55. The van der Waals surface area contributed by atoms with Crippen molar-refractivity contribution in [2.75, 3.05) is 24.1 Å². The average molecular weight is 264 g/mol. The highest BCUT2D eigenvalue weighted by Gasteiger charge is 2.29. The summed E-state index contributed by atoms with van der Waals surface area (Å²) >= 11 is 0. The number of para-hydroxylation sites is 1. The van der Waals surface area contributed by atoms with E-state index < -0.39 is 4.92 Å². The van der Waals surface area contributed by atoms with Crippen LogP contribution < -0.4 is 16.4 Å². The third-order valence-corrected chi connectivity index (χ3v) is 2.94. The van der Waals surface area contributed by atoms with Gasteiger partial charge in [-0.05, 0) is 25.0 Å². The fraction of sp³-hybridized carbons (Fsp3) is 0.417. The van der Waals surface area contributed by atoms with Crippen molar-refractivity contribution in [3.05, 3.63) is 28.3 Å². The molecule has 0 heterocycles. The van der Waals surface area contributed by atoms with Gasteiger partial charge in [-0.25, -0.2) is 0 Å². The van der Waals surface area contributed by atoms with Gasteiger partial charge in [0.15, 0.2) is 0 Å². The second-order valence-corrected chi connectivity index (χ2v) is 4.49. The molecule has 0 bridgehead atoms. The zero-order valence-electron chi connectivity index (χ0n) is 10.4. The second-order valence-electron chi connectivity index (χ2n) is 4.49. The number of anilines is 2. The van der Waals surface area contributed by atoms with Crippen LogP contribution in [0.25, 0.3) is 0 Å². The number of nitrogens with two attached hydrogens (primary N) is 1. The Hall–Kier alpha value is -2.31. The minimum absolute atomic E-state index is 0.0591. The highest BCUT2D eigenvalue weighted by molar-refractivity contribution is 5.80. The maximum atomic E-state index is 11.4. The van der Waals surface area contributed by atoms with E-state index in [9.17, 15) is 14.9 Å². The number of carbonyl (C=O) groups is 1. The van der Waals surface area contributed by atoms with Crippen molar-refractivity contribution in [3.8, 4) is 0 Å². The molecule has 0 aliphatic heterocycles. The maximum Gasteiger partial charge on any atom is 0.314 e. The molecule has 19 heavy (non-hydrogen) atoms. The molecule has 1 saturated carbocycles. The molecule has 1 fully saturated rings. The van der Waals surface area contributed by atoms with Gasteiger partial charge in [-0.2, -0.15) is 0 Å². The first-order valence-corrected chi connectivity index (χ1v) is 6.14. The van der Waals surface area contributed by atoms with E-state index in [4.69, 9.17) is 5.73 Å². The molecule has 0 atom stereocenters. The summed E-state index contributed by atoms with van der Waals surface area (Å²) in [6.07, 6.45) is 1.92. The standard InChI is InChI=1S/C12H16N4O3/c13-9-2-1-3-10(11(9)16(18)19)14-6-7-15-12(17)8-4-5-8/h1-3,8,14H,4-7,13H2,(H,15,17). The number of rotatable bonds is 6. The Bertz CT molecular complexity index is 500. The van der Waals surface area contributed by atoms with Crippen LogP contribution in [0.15, 0.2) is 18.2 Å². The summed E-state index contributed by atoms with van der Waals surface area (Å²) in [4.78, 5) is 21.8. The van der Waals surface area contributed by atoms with Crippen LogP contribution in [0.5, 0.6) is 0 Å². The molecule has 0 saturated heterocycles. The lowest BCUT2D eigenvalue weighted by atomic mass is 10.2. The van der Waals surface area contributed by atoms with Crippen LogP contribution in [-0.4, -0.2) is 23.9 Å². The molecule has 0 spiro atoms. The molecule has 2 rings (SSSR count). The Morgan fingerprint density at radius 1 is 1.42 bits per heavy atom. The molecule has 1 aliphatic carbocycles. The van der Waals surface area contributed by atoms with Gasteiger partial charge in [0.2, 0.25) is 5.91 Å². The summed E-state index contributed by atoms with van der Waals surface area (Å²) in [5.74, 6) is 0.227. The number of nitrogen functional groups attached to an aromatic ring is 1. The van der Waals surface area contributed by atoms with Gasteiger partial charge >= 0.3 is 5.69 Å². The number of hydrogen-bond donors (Lipinski definition) is 3. The molecular formula is C12H16N4O3. The smallest absolute Gasteiger partial charge is 0.314 e. The number of carbonyl (C=O) groups excluding carboxylic acids is 1. The van der Waals surface area contributed by atoms with Gasteiger partial charge in [0.1, 0.15) is 11.4 Å². The normalized spacial score (nSPS) is 13.9. The van der Waals surface area contributed by atoms with Crippen molar-refractivity contribution < 1.29 is 9.72 Å². The molecule has 4 N–H and O–H groups in total. The molecular weight excluding hydrogens is 248 g/mol. The van der Waals surface area contributed by atoms with Crippen LogP contribution in [0, 0.1) is 16.0 Å². The van der Waals surface area contributed by atoms with Crippen LogP contribution >= 0.6 is 0 Å². The summed E-state index contributed by atoms with van der Waals surface area (Å²) in [6, 6.07) is 4.73. The van der Waals surface area contributed by atoms with Gasteiger partial charge in [-0.1, -0.05) is 6.07 Å². The lowest BCUT2D eigenvalue weighted by Crippen LogP contribution is -2.29. The van der Waals surface area contributed by atoms with Crippen molar-refractivity contribution >= 4 is 23.0 Å². The highest BCUT2D eigenvalue weighted by atomic mass is 16.6.